The van der Waals surface area contributed by atoms with Crippen molar-refractivity contribution in [2.45, 2.75) is 95.7 Å². The number of carbonyl (C=O) groups excluding carboxylic acids is 4. The van der Waals surface area contributed by atoms with Crippen LogP contribution in [-0.4, -0.2) is 126 Å². The fourth-order valence-corrected chi connectivity index (χ4v) is 10.1. The number of piperazine rings is 1. The van der Waals surface area contributed by atoms with E-state index >= 15 is 0 Å². The largest absolute Gasteiger partial charge is 0.365 e. The van der Waals surface area contributed by atoms with Crippen LogP contribution in [0.2, 0.25) is 0 Å². The number of rotatable bonds is 11. The van der Waals surface area contributed by atoms with E-state index < -0.39 is 24.1 Å². The zero-order chi connectivity index (χ0) is 45.5. The molecule has 0 spiro atoms. The minimum atomic E-state index is -2.88. The van der Waals surface area contributed by atoms with E-state index in [0.717, 1.165) is 93.2 Å². The maximum atomic E-state index is 14.4. The van der Waals surface area contributed by atoms with Crippen LogP contribution in [0.5, 0.6) is 0 Å². The predicted molar refractivity (Wildman–Crippen MR) is 239 cm³/mol. The molecule has 5 aliphatic rings. The zero-order valence-electron chi connectivity index (χ0n) is 37.0. The number of nitrogens with one attached hydrogen (secondary N) is 2. The number of aryl methyl sites for hydroxylation is 1. The number of piperidine rings is 2. The van der Waals surface area contributed by atoms with Crippen molar-refractivity contribution in [2.24, 2.45) is 11.8 Å². The van der Waals surface area contributed by atoms with E-state index in [1.807, 2.05) is 36.1 Å². The van der Waals surface area contributed by atoms with E-state index in [1.165, 1.54) is 16.9 Å². The minimum Gasteiger partial charge on any atom is -0.365 e. The molecule has 346 valence electrons. The Morgan fingerprint density at radius 3 is 2.48 bits per heavy atom. The van der Waals surface area contributed by atoms with Crippen molar-refractivity contribution in [1.29, 1.82) is 0 Å². The zero-order valence-corrected chi connectivity index (χ0v) is 37.0. The lowest BCUT2D eigenvalue weighted by molar-refractivity contribution is -0.136. The third-order valence-corrected chi connectivity index (χ3v) is 13.9. The van der Waals surface area contributed by atoms with E-state index in [4.69, 9.17) is 9.72 Å². The number of nitrogens with zero attached hydrogens (tertiary/aromatic N) is 10. The number of hydrogen-bond acceptors (Lipinski definition) is 11. The van der Waals surface area contributed by atoms with Gasteiger partial charge in [-0.1, -0.05) is 17.9 Å². The number of anilines is 2. The number of aromatic nitrogens is 7. The highest BCUT2D eigenvalue weighted by molar-refractivity contribution is 6.08. The molecule has 2 N–H and O–H groups in total. The van der Waals surface area contributed by atoms with Crippen LogP contribution in [0.4, 0.5) is 20.3 Å². The molecule has 3 saturated heterocycles. The quantitative estimate of drug-likeness (QED) is 0.134. The maximum absolute atomic E-state index is 14.4. The molecular formula is C47H54F2N12O5. The monoisotopic (exact) mass is 904 g/mol. The first-order valence-corrected chi connectivity index (χ1v) is 23.3. The number of amides is 4. The second-order valence-electron chi connectivity index (χ2n) is 18.3. The third-order valence-electron chi connectivity index (χ3n) is 13.9. The van der Waals surface area contributed by atoms with Gasteiger partial charge < -0.3 is 24.8 Å². The lowest BCUT2D eigenvalue weighted by Crippen LogP contribution is -2.49. The van der Waals surface area contributed by atoms with E-state index in [-0.39, 0.29) is 53.5 Å². The number of ether oxygens (including phenoxy) is 1. The van der Waals surface area contributed by atoms with Gasteiger partial charge in [-0.3, -0.25) is 33.9 Å². The number of likely N-dealkylation sites (tertiary alicyclic amines) is 1. The Balaban J connectivity index is 0.688. The summed E-state index contributed by atoms with van der Waals surface area (Å²) in [6.45, 7) is 7.51. The molecule has 1 unspecified atom stereocenters. The molecule has 0 bridgehead atoms. The van der Waals surface area contributed by atoms with E-state index in [9.17, 15) is 28.0 Å². The second kappa shape index (κ2) is 18.6. The van der Waals surface area contributed by atoms with Crippen molar-refractivity contribution in [1.82, 2.24) is 49.3 Å². The standard InChI is InChI=1S/C47H54F2N12O5/c1-29-41-31(4-2-6-37(41)61(54-29)38-13-14-40(62)53-46(38)64)5-3-25-66-34-15-18-56(19-16-34)27-30-7-11-33(12-8-30)60-28-36(42(55-60)43(48)49)51-45(63)35-26-50-59-20-17-39(52-44(35)59)57-21-23-58(24-22-57)47(65)32-9-10-32/h2,4,6,17,20,26,28,30,32-34,38,43H,7-16,18-19,21-25,27H2,1H3,(H,51,63)(H,53,62,64). The first-order chi connectivity index (χ1) is 32.1. The average molecular weight is 905 g/mol. The van der Waals surface area contributed by atoms with Gasteiger partial charge in [0.15, 0.2) is 11.3 Å². The molecule has 17 nitrogen and oxygen atoms in total. The fraction of sp³-hybridized carbons (Fsp3) is 0.532. The second-order valence-corrected chi connectivity index (χ2v) is 18.3. The summed E-state index contributed by atoms with van der Waals surface area (Å²) < 4.78 is 39.7. The Morgan fingerprint density at radius 1 is 0.955 bits per heavy atom. The smallest absolute Gasteiger partial charge is 0.284 e. The van der Waals surface area contributed by atoms with Gasteiger partial charge in [0.25, 0.3) is 18.2 Å². The lowest BCUT2D eigenvalue weighted by atomic mass is 9.85. The van der Waals surface area contributed by atoms with Crippen LogP contribution >= 0.6 is 0 Å². The van der Waals surface area contributed by atoms with Gasteiger partial charge in [0, 0.05) is 81.5 Å². The number of imide groups is 1. The first kappa shape index (κ1) is 43.6. The van der Waals surface area contributed by atoms with Crippen LogP contribution in [-0.2, 0) is 19.1 Å². The highest BCUT2D eigenvalue weighted by Crippen LogP contribution is 2.36. The molecule has 3 aliphatic heterocycles. The number of fused-ring (bicyclic) bond motifs is 2. The SMILES string of the molecule is Cc1nn(C2CCC(=O)NC2=O)c2cccc(C#CCOC3CCN(CC4CCC(n5cc(NC(=O)c6cnn7ccc(N8CCN(C(=O)C9CC9)CC8)nc67)c(C(F)F)n5)CC4)CC3)c12. The van der Waals surface area contributed by atoms with Crippen LogP contribution in [0, 0.1) is 30.6 Å². The average Bonchev–Trinajstić information content (AvgIpc) is 3.81. The molecule has 1 atom stereocenters. The molecule has 66 heavy (non-hydrogen) atoms. The normalized spacial score (nSPS) is 22.2. The Hall–Kier alpha value is -6.26. The van der Waals surface area contributed by atoms with E-state index in [2.05, 4.69) is 47.6 Å². The van der Waals surface area contributed by atoms with Crippen molar-refractivity contribution in [3.8, 4) is 11.8 Å². The summed E-state index contributed by atoms with van der Waals surface area (Å²) in [5, 5.41) is 19.2. The number of hydrogen-bond donors (Lipinski definition) is 2. The summed E-state index contributed by atoms with van der Waals surface area (Å²) in [6.07, 6.45) is 9.85. The van der Waals surface area contributed by atoms with Crippen molar-refractivity contribution in [2.75, 3.05) is 62.6 Å². The molecule has 5 aromatic rings. The highest BCUT2D eigenvalue weighted by Gasteiger charge is 2.36. The lowest BCUT2D eigenvalue weighted by Gasteiger charge is -2.36. The van der Waals surface area contributed by atoms with Gasteiger partial charge in [-0.05, 0) is 88.8 Å². The summed E-state index contributed by atoms with van der Waals surface area (Å²) in [5.74, 6) is 6.81. The molecule has 7 heterocycles. The first-order valence-electron chi connectivity index (χ1n) is 23.3. The Labute approximate surface area is 380 Å². The van der Waals surface area contributed by atoms with Crippen LogP contribution in [0.3, 0.4) is 0 Å². The van der Waals surface area contributed by atoms with Gasteiger partial charge in [0.1, 0.15) is 24.0 Å². The van der Waals surface area contributed by atoms with Crippen molar-refractivity contribution >= 4 is 51.7 Å². The predicted octanol–water partition coefficient (Wildman–Crippen LogP) is 5.07. The van der Waals surface area contributed by atoms with E-state index in [0.29, 0.717) is 56.6 Å². The van der Waals surface area contributed by atoms with Crippen molar-refractivity contribution in [3.05, 3.63) is 65.4 Å². The Morgan fingerprint density at radius 2 is 1.74 bits per heavy atom. The van der Waals surface area contributed by atoms with Crippen LogP contribution in [0.1, 0.15) is 110 Å². The van der Waals surface area contributed by atoms with Gasteiger partial charge in [-0.2, -0.15) is 15.3 Å². The van der Waals surface area contributed by atoms with Gasteiger partial charge >= 0.3 is 0 Å². The molecule has 19 heteroatoms. The third kappa shape index (κ3) is 9.12. The Bertz CT molecular complexity index is 2710. The molecule has 2 aliphatic carbocycles. The molecule has 1 aromatic carbocycles. The Kier molecular flexibility index (Phi) is 12.3. The summed E-state index contributed by atoms with van der Waals surface area (Å²) in [5.41, 5.74) is 2.40. The summed E-state index contributed by atoms with van der Waals surface area (Å²) >= 11 is 0. The van der Waals surface area contributed by atoms with Crippen LogP contribution in [0.15, 0.2) is 42.9 Å². The fourth-order valence-electron chi connectivity index (χ4n) is 10.1. The molecule has 10 rings (SSSR count). The minimum absolute atomic E-state index is 0.0216. The number of halogens is 2. The topological polar surface area (TPSA) is 177 Å². The summed E-state index contributed by atoms with van der Waals surface area (Å²) in [7, 11) is 0. The van der Waals surface area contributed by atoms with Gasteiger partial charge in [0.05, 0.1) is 35.2 Å². The summed E-state index contributed by atoms with van der Waals surface area (Å²) in [4.78, 5) is 61.6. The highest BCUT2D eigenvalue weighted by atomic mass is 19.3. The number of benzene rings is 1. The molecule has 4 aromatic heterocycles. The molecule has 5 fully saturated rings. The number of carbonyl (C=O) groups is 4. The van der Waals surface area contributed by atoms with Crippen LogP contribution < -0.4 is 15.5 Å². The van der Waals surface area contributed by atoms with Gasteiger partial charge in [-0.15, -0.1) is 0 Å². The number of alkyl halides is 2. The molecular weight excluding hydrogens is 851 g/mol. The summed E-state index contributed by atoms with van der Waals surface area (Å²) in [6, 6.07) is 7.01. The molecule has 2 saturated carbocycles. The van der Waals surface area contributed by atoms with Gasteiger partial charge in [0.2, 0.25) is 11.8 Å². The molecule has 4 amide bonds. The van der Waals surface area contributed by atoms with Gasteiger partial charge in [-0.25, -0.2) is 18.3 Å². The van der Waals surface area contributed by atoms with Crippen molar-refractivity contribution < 1.29 is 32.7 Å². The van der Waals surface area contributed by atoms with Crippen molar-refractivity contribution in [3.63, 3.8) is 0 Å². The van der Waals surface area contributed by atoms with Crippen LogP contribution in [0.25, 0.3) is 16.6 Å². The maximum Gasteiger partial charge on any atom is 0.284 e. The van der Waals surface area contributed by atoms with E-state index in [1.54, 1.807) is 15.6 Å². The molecule has 0 radical (unpaired) electrons.